The first-order valence-electron chi connectivity index (χ1n) is 12.8. The van der Waals surface area contributed by atoms with Crippen molar-refractivity contribution in [2.45, 2.75) is 18.4 Å². The largest absolute Gasteiger partial charge is 0.495 e. The zero-order valence-electron chi connectivity index (χ0n) is 21.3. The van der Waals surface area contributed by atoms with E-state index in [9.17, 15) is 0 Å². The second kappa shape index (κ2) is 9.55. The molecule has 3 N–H and O–H groups in total. The van der Waals surface area contributed by atoms with Crippen molar-refractivity contribution in [3.05, 3.63) is 77.9 Å². The molecule has 0 fully saturated rings. The first-order chi connectivity index (χ1) is 19.1. The number of thioether (sulfide) groups is 1. The Morgan fingerprint density at radius 1 is 1.05 bits per heavy atom. The summed E-state index contributed by atoms with van der Waals surface area (Å²) in [5.41, 5.74) is 11.3. The fourth-order valence-electron chi connectivity index (χ4n) is 5.42. The zero-order valence-corrected chi connectivity index (χ0v) is 22.1. The summed E-state index contributed by atoms with van der Waals surface area (Å²) in [6.45, 7) is 1.29. The Kier molecular flexibility index (Phi) is 5.86. The number of aromatic nitrogens is 3. The van der Waals surface area contributed by atoms with Crippen LogP contribution in [0.25, 0.3) is 16.5 Å². The molecule has 0 unspecified atom stereocenters. The van der Waals surface area contributed by atoms with Crippen molar-refractivity contribution >= 4 is 44.9 Å². The summed E-state index contributed by atoms with van der Waals surface area (Å²) in [5, 5.41) is 4.96. The standard InChI is InChI=1S/C29H26N6O3S/c1-36-20-12-18-4-8-31-27(26(18)33-15-20)34-19-2-3-24-21(13-19)29(7-11-39-28(30)35-29)22-14-23(32-16-25(22)38-24)17-5-9-37-10-6-17/h2-5,8,12-16H,6-7,9-11H2,1H3,(H2,30,35)(H,31,34)/t29-/m0/s1. The van der Waals surface area contributed by atoms with Crippen LogP contribution in [0.2, 0.25) is 0 Å². The van der Waals surface area contributed by atoms with Gasteiger partial charge in [0.1, 0.15) is 22.6 Å². The summed E-state index contributed by atoms with van der Waals surface area (Å²) >= 11 is 1.58. The molecule has 3 aliphatic rings. The Bertz CT molecular complexity index is 1670. The summed E-state index contributed by atoms with van der Waals surface area (Å²) in [7, 11) is 1.63. The second-order valence-electron chi connectivity index (χ2n) is 9.57. The first kappa shape index (κ1) is 23.9. The van der Waals surface area contributed by atoms with E-state index in [0.717, 1.165) is 57.8 Å². The van der Waals surface area contributed by atoms with E-state index >= 15 is 0 Å². The van der Waals surface area contributed by atoms with Crippen LogP contribution >= 0.6 is 11.8 Å². The molecule has 6 heterocycles. The van der Waals surface area contributed by atoms with E-state index in [1.165, 1.54) is 5.57 Å². The maximum atomic E-state index is 6.39. The van der Waals surface area contributed by atoms with Crippen molar-refractivity contribution in [1.82, 2.24) is 15.0 Å². The van der Waals surface area contributed by atoms with Crippen molar-refractivity contribution < 1.29 is 14.2 Å². The highest BCUT2D eigenvalue weighted by molar-refractivity contribution is 8.13. The lowest BCUT2D eigenvalue weighted by atomic mass is 9.78. The van der Waals surface area contributed by atoms with E-state index in [0.29, 0.717) is 35.7 Å². The van der Waals surface area contributed by atoms with Crippen LogP contribution in [0.15, 0.2) is 66.1 Å². The quantitative estimate of drug-likeness (QED) is 0.353. The molecule has 7 rings (SSSR count). The topological polar surface area (TPSA) is 117 Å². The van der Waals surface area contributed by atoms with E-state index in [-0.39, 0.29) is 0 Å². The van der Waals surface area contributed by atoms with Gasteiger partial charge >= 0.3 is 0 Å². The number of rotatable bonds is 4. The number of anilines is 2. The highest BCUT2D eigenvalue weighted by Crippen LogP contribution is 2.53. The van der Waals surface area contributed by atoms with Crippen molar-refractivity contribution in [3.8, 4) is 17.2 Å². The molecule has 0 radical (unpaired) electrons. The number of methoxy groups -OCH3 is 1. The predicted octanol–water partition coefficient (Wildman–Crippen LogP) is 5.38. The maximum absolute atomic E-state index is 6.39. The van der Waals surface area contributed by atoms with Gasteiger partial charge in [0.2, 0.25) is 0 Å². The fourth-order valence-corrected chi connectivity index (χ4v) is 6.24. The summed E-state index contributed by atoms with van der Waals surface area (Å²) in [4.78, 5) is 19.0. The van der Waals surface area contributed by atoms with Crippen LogP contribution in [0.3, 0.4) is 0 Å². The molecule has 4 aromatic rings. The van der Waals surface area contributed by atoms with Crippen LogP contribution in [0.4, 0.5) is 11.5 Å². The molecule has 1 spiro atoms. The predicted molar refractivity (Wildman–Crippen MR) is 153 cm³/mol. The van der Waals surface area contributed by atoms with E-state index < -0.39 is 5.54 Å². The third-order valence-corrected chi connectivity index (χ3v) is 8.13. The SMILES string of the molecule is COc1cnc2c(Nc3ccc4c(c3)[C@@]3(CCSC(N)=N3)c3cc(C5=CCOCC5)ncc3O4)nccc2c1. The van der Waals surface area contributed by atoms with Crippen LogP contribution in [0, 0.1) is 0 Å². The minimum atomic E-state index is -0.683. The van der Waals surface area contributed by atoms with Crippen LogP contribution < -0.4 is 20.5 Å². The van der Waals surface area contributed by atoms with E-state index in [2.05, 4.69) is 33.5 Å². The number of hydrogen-bond acceptors (Lipinski definition) is 10. The minimum Gasteiger partial charge on any atom is -0.495 e. The molecule has 10 heteroatoms. The molecule has 0 aliphatic carbocycles. The van der Waals surface area contributed by atoms with Gasteiger partial charge in [0.05, 0.1) is 38.4 Å². The number of aliphatic imine (C=N–C) groups is 1. The van der Waals surface area contributed by atoms with Gasteiger partial charge < -0.3 is 25.3 Å². The monoisotopic (exact) mass is 538 g/mol. The highest BCUT2D eigenvalue weighted by atomic mass is 32.2. The van der Waals surface area contributed by atoms with Gasteiger partial charge in [-0.3, -0.25) is 4.98 Å². The number of amidine groups is 1. The van der Waals surface area contributed by atoms with Crippen molar-refractivity contribution in [2.75, 3.05) is 31.4 Å². The van der Waals surface area contributed by atoms with Gasteiger partial charge in [-0.05, 0) is 54.8 Å². The molecule has 0 saturated carbocycles. The van der Waals surface area contributed by atoms with Gasteiger partial charge in [-0.1, -0.05) is 17.8 Å². The number of ether oxygens (including phenoxy) is 3. The molecule has 1 atom stereocenters. The van der Waals surface area contributed by atoms with Gasteiger partial charge in [0.15, 0.2) is 16.7 Å². The molecule has 1 aromatic carbocycles. The van der Waals surface area contributed by atoms with Gasteiger partial charge in [0.25, 0.3) is 0 Å². The molecular weight excluding hydrogens is 512 g/mol. The number of hydrogen-bond donors (Lipinski definition) is 2. The zero-order chi connectivity index (χ0) is 26.4. The van der Waals surface area contributed by atoms with Gasteiger partial charge in [0, 0.05) is 34.2 Å². The Morgan fingerprint density at radius 2 is 1.97 bits per heavy atom. The Balaban J connectivity index is 1.33. The third kappa shape index (κ3) is 4.16. The maximum Gasteiger partial charge on any atom is 0.156 e. The smallest absolute Gasteiger partial charge is 0.156 e. The Labute approximate surface area is 229 Å². The van der Waals surface area contributed by atoms with E-state index in [1.54, 1.807) is 31.3 Å². The van der Waals surface area contributed by atoms with Crippen molar-refractivity contribution in [3.63, 3.8) is 0 Å². The molecule has 3 aliphatic heterocycles. The molecular formula is C29H26N6O3S. The van der Waals surface area contributed by atoms with Gasteiger partial charge in [-0.15, -0.1) is 0 Å². The summed E-state index contributed by atoms with van der Waals surface area (Å²) in [6.07, 6.45) is 8.96. The number of fused-ring (bicyclic) bond motifs is 5. The van der Waals surface area contributed by atoms with Crippen molar-refractivity contribution in [2.24, 2.45) is 10.7 Å². The molecule has 9 nitrogen and oxygen atoms in total. The number of nitrogens with two attached hydrogens (primary N) is 1. The van der Waals surface area contributed by atoms with E-state index in [4.69, 9.17) is 29.9 Å². The fraction of sp³-hybridized carbons (Fsp3) is 0.241. The highest BCUT2D eigenvalue weighted by Gasteiger charge is 2.44. The average Bonchev–Trinajstić information content (AvgIpc) is 2.98. The number of benzene rings is 1. The summed E-state index contributed by atoms with van der Waals surface area (Å²) < 4.78 is 17.2. The second-order valence-corrected chi connectivity index (χ2v) is 10.7. The number of nitrogens with one attached hydrogen (secondary N) is 1. The van der Waals surface area contributed by atoms with Gasteiger partial charge in [-0.25, -0.2) is 15.0 Å². The Morgan fingerprint density at radius 3 is 2.82 bits per heavy atom. The normalized spacial score (nSPS) is 19.9. The molecule has 196 valence electrons. The van der Waals surface area contributed by atoms with E-state index in [1.807, 2.05) is 30.5 Å². The minimum absolute atomic E-state index is 0.566. The van der Waals surface area contributed by atoms with Crippen LogP contribution in [-0.4, -0.2) is 46.2 Å². The lowest BCUT2D eigenvalue weighted by Crippen LogP contribution is -2.35. The molecule has 0 amide bonds. The average molecular weight is 539 g/mol. The lowest BCUT2D eigenvalue weighted by Gasteiger charge is -2.39. The molecule has 3 aromatic heterocycles. The summed E-state index contributed by atoms with van der Waals surface area (Å²) in [5.74, 6) is 3.64. The molecule has 0 bridgehead atoms. The molecule has 39 heavy (non-hydrogen) atoms. The van der Waals surface area contributed by atoms with Crippen LogP contribution in [-0.2, 0) is 10.3 Å². The molecule has 0 saturated heterocycles. The third-order valence-electron chi connectivity index (χ3n) is 7.34. The first-order valence-corrected chi connectivity index (χ1v) is 13.8. The number of nitrogens with zero attached hydrogens (tertiary/aromatic N) is 4. The lowest BCUT2D eigenvalue weighted by molar-refractivity contribution is 0.161. The number of pyridine rings is 3. The van der Waals surface area contributed by atoms with Crippen LogP contribution in [0.1, 0.15) is 29.7 Å². The van der Waals surface area contributed by atoms with Crippen LogP contribution in [0.5, 0.6) is 17.2 Å². The Hall–Kier alpha value is -4.15. The summed E-state index contributed by atoms with van der Waals surface area (Å²) in [6, 6.07) is 12.0. The van der Waals surface area contributed by atoms with Crippen molar-refractivity contribution in [1.29, 1.82) is 0 Å². The van der Waals surface area contributed by atoms with Gasteiger partial charge in [-0.2, -0.15) is 0 Å².